The minimum atomic E-state index is -0.493. The van der Waals surface area contributed by atoms with E-state index in [4.69, 9.17) is 0 Å². The van der Waals surface area contributed by atoms with E-state index in [1.165, 1.54) is 12.1 Å². The van der Waals surface area contributed by atoms with Crippen LogP contribution in [0.3, 0.4) is 0 Å². The Bertz CT molecular complexity index is 660. The van der Waals surface area contributed by atoms with Gasteiger partial charge in [-0.25, -0.2) is 13.2 Å². The fourth-order valence-corrected chi connectivity index (χ4v) is 1.87. The van der Waals surface area contributed by atoms with Crippen LogP contribution in [0.15, 0.2) is 47.5 Å². The number of aliphatic imine (C=N–C) groups is 1. The molecule has 3 nitrogen and oxygen atoms in total. The third-order valence-corrected chi connectivity index (χ3v) is 3.05. The fourth-order valence-electron chi connectivity index (χ4n) is 1.87. The van der Waals surface area contributed by atoms with Gasteiger partial charge in [-0.15, -0.1) is 24.0 Å². The Morgan fingerprint density at radius 2 is 1.52 bits per heavy atom. The molecule has 0 fully saturated rings. The van der Waals surface area contributed by atoms with E-state index in [1.807, 2.05) is 0 Å². The van der Waals surface area contributed by atoms with Crippen molar-refractivity contribution in [2.75, 3.05) is 7.05 Å². The topological polar surface area (TPSA) is 36.4 Å². The molecule has 2 rings (SSSR count). The van der Waals surface area contributed by atoms with Crippen LogP contribution < -0.4 is 10.6 Å². The predicted molar refractivity (Wildman–Crippen MR) is 95.2 cm³/mol. The van der Waals surface area contributed by atoms with Crippen LogP contribution in [-0.4, -0.2) is 13.0 Å². The van der Waals surface area contributed by atoms with Gasteiger partial charge in [0.2, 0.25) is 0 Å². The van der Waals surface area contributed by atoms with E-state index in [9.17, 15) is 13.2 Å². The predicted octanol–water partition coefficient (Wildman–Crippen LogP) is 3.59. The summed E-state index contributed by atoms with van der Waals surface area (Å²) in [6.45, 7) is 0.540. The van der Waals surface area contributed by atoms with Gasteiger partial charge >= 0.3 is 0 Å². The number of rotatable bonds is 4. The maximum absolute atomic E-state index is 13.5. The van der Waals surface area contributed by atoms with Crippen LogP contribution in [0.25, 0.3) is 0 Å². The first-order valence-corrected chi connectivity index (χ1v) is 6.71. The zero-order chi connectivity index (χ0) is 15.9. The first kappa shape index (κ1) is 19.3. The zero-order valence-corrected chi connectivity index (χ0v) is 14.8. The van der Waals surface area contributed by atoms with Crippen molar-refractivity contribution in [2.45, 2.75) is 13.1 Å². The minimum absolute atomic E-state index is 0. The van der Waals surface area contributed by atoms with Crippen molar-refractivity contribution in [2.24, 2.45) is 4.99 Å². The molecule has 0 amide bonds. The summed E-state index contributed by atoms with van der Waals surface area (Å²) in [5, 5.41) is 5.90. The first-order valence-electron chi connectivity index (χ1n) is 6.71. The largest absolute Gasteiger partial charge is 0.352 e. The molecular formula is C16H17F3IN3. The number of hydrogen-bond donors (Lipinski definition) is 2. The van der Waals surface area contributed by atoms with E-state index < -0.39 is 11.6 Å². The number of benzene rings is 2. The van der Waals surface area contributed by atoms with Crippen molar-refractivity contribution < 1.29 is 13.2 Å². The lowest BCUT2D eigenvalue weighted by molar-refractivity contribution is 0.581. The van der Waals surface area contributed by atoms with Gasteiger partial charge in [-0.1, -0.05) is 12.1 Å². The summed E-state index contributed by atoms with van der Waals surface area (Å²) >= 11 is 0. The number of nitrogens with zero attached hydrogens (tertiary/aromatic N) is 1. The third kappa shape index (κ3) is 6.09. The first-order chi connectivity index (χ1) is 10.6. The molecule has 0 radical (unpaired) electrons. The van der Waals surface area contributed by atoms with Crippen LogP contribution in [0.5, 0.6) is 0 Å². The smallest absolute Gasteiger partial charge is 0.191 e. The molecule has 2 aromatic rings. The summed E-state index contributed by atoms with van der Waals surface area (Å²) in [5.41, 5.74) is 1.09. The Labute approximate surface area is 150 Å². The maximum Gasteiger partial charge on any atom is 0.191 e. The second kappa shape index (κ2) is 9.39. The van der Waals surface area contributed by atoms with E-state index in [1.54, 1.807) is 19.2 Å². The van der Waals surface area contributed by atoms with Gasteiger partial charge in [-0.05, 0) is 35.9 Å². The average Bonchev–Trinajstić information content (AvgIpc) is 2.52. The summed E-state index contributed by atoms with van der Waals surface area (Å²) in [4.78, 5) is 3.99. The molecule has 0 aliphatic carbocycles. The molecule has 124 valence electrons. The van der Waals surface area contributed by atoms with Crippen LogP contribution in [0, 0.1) is 17.5 Å². The van der Waals surface area contributed by atoms with Gasteiger partial charge in [0.05, 0.1) is 0 Å². The molecule has 0 spiro atoms. The van der Waals surface area contributed by atoms with Crippen molar-refractivity contribution >= 4 is 29.9 Å². The van der Waals surface area contributed by atoms with Crippen LogP contribution in [0.1, 0.15) is 11.1 Å². The van der Waals surface area contributed by atoms with Crippen molar-refractivity contribution in [1.29, 1.82) is 0 Å². The minimum Gasteiger partial charge on any atom is -0.352 e. The second-order valence-corrected chi connectivity index (χ2v) is 4.64. The molecule has 0 aromatic heterocycles. The van der Waals surface area contributed by atoms with Gasteiger partial charge in [-0.2, -0.15) is 0 Å². The maximum atomic E-state index is 13.5. The van der Waals surface area contributed by atoms with E-state index in [0.717, 1.165) is 23.8 Å². The fraction of sp³-hybridized carbons (Fsp3) is 0.188. The Kier molecular flexibility index (Phi) is 7.87. The number of nitrogens with one attached hydrogen (secondary N) is 2. The number of halogens is 4. The molecule has 0 aliphatic rings. The molecule has 0 heterocycles. The Balaban J connectivity index is 0.00000264. The number of guanidine groups is 1. The highest BCUT2D eigenvalue weighted by Crippen LogP contribution is 2.09. The van der Waals surface area contributed by atoms with Crippen LogP contribution in [0.4, 0.5) is 13.2 Å². The molecule has 0 saturated heterocycles. The summed E-state index contributed by atoms with van der Waals surface area (Å²) in [6, 6.07) is 9.34. The third-order valence-electron chi connectivity index (χ3n) is 3.05. The molecule has 2 N–H and O–H groups in total. The van der Waals surface area contributed by atoms with Crippen LogP contribution in [-0.2, 0) is 13.1 Å². The molecule has 0 atom stereocenters. The summed E-state index contributed by atoms with van der Waals surface area (Å²) in [5.74, 6) is -0.837. The van der Waals surface area contributed by atoms with Crippen LogP contribution in [0.2, 0.25) is 0 Å². The van der Waals surface area contributed by atoms with E-state index in [-0.39, 0.29) is 41.9 Å². The number of hydrogen-bond acceptors (Lipinski definition) is 1. The molecule has 0 bridgehead atoms. The average molecular weight is 435 g/mol. The Hall–Kier alpha value is -1.77. The van der Waals surface area contributed by atoms with E-state index >= 15 is 0 Å². The lowest BCUT2D eigenvalue weighted by atomic mass is 10.2. The molecule has 7 heteroatoms. The second-order valence-electron chi connectivity index (χ2n) is 4.64. The van der Waals surface area contributed by atoms with Crippen molar-refractivity contribution in [3.63, 3.8) is 0 Å². The highest BCUT2D eigenvalue weighted by molar-refractivity contribution is 14.0. The SMILES string of the molecule is CN=C(NCc1ccc(F)cc1)NCc1cc(F)ccc1F.I. The lowest BCUT2D eigenvalue weighted by Gasteiger charge is -2.12. The molecule has 0 saturated carbocycles. The molecule has 2 aromatic carbocycles. The lowest BCUT2D eigenvalue weighted by Crippen LogP contribution is -2.36. The quantitative estimate of drug-likeness (QED) is 0.438. The van der Waals surface area contributed by atoms with Crippen molar-refractivity contribution in [1.82, 2.24) is 10.6 Å². The van der Waals surface area contributed by atoms with E-state index in [2.05, 4.69) is 15.6 Å². The molecule has 23 heavy (non-hydrogen) atoms. The normalized spacial score (nSPS) is 10.9. The van der Waals surface area contributed by atoms with E-state index in [0.29, 0.717) is 12.5 Å². The summed E-state index contributed by atoms with van der Waals surface area (Å²) < 4.78 is 39.4. The Morgan fingerprint density at radius 1 is 0.913 bits per heavy atom. The molecule has 0 unspecified atom stereocenters. The standard InChI is InChI=1S/C16H16F3N3.HI/c1-20-16(21-9-11-2-4-13(17)5-3-11)22-10-12-8-14(18)6-7-15(12)19;/h2-8H,9-10H2,1H3,(H2,20,21,22);1H. The highest BCUT2D eigenvalue weighted by Gasteiger charge is 2.05. The van der Waals surface area contributed by atoms with Gasteiger partial charge < -0.3 is 10.6 Å². The Morgan fingerprint density at radius 3 is 2.17 bits per heavy atom. The zero-order valence-electron chi connectivity index (χ0n) is 12.4. The van der Waals surface area contributed by atoms with Gasteiger partial charge in [0, 0.05) is 25.7 Å². The highest BCUT2D eigenvalue weighted by atomic mass is 127. The summed E-state index contributed by atoms with van der Waals surface area (Å²) in [7, 11) is 1.57. The van der Waals surface area contributed by atoms with Gasteiger partial charge in [0.25, 0.3) is 0 Å². The van der Waals surface area contributed by atoms with Crippen LogP contribution >= 0.6 is 24.0 Å². The monoisotopic (exact) mass is 435 g/mol. The van der Waals surface area contributed by atoms with Crippen molar-refractivity contribution in [3.05, 3.63) is 71.0 Å². The molecular weight excluding hydrogens is 418 g/mol. The van der Waals surface area contributed by atoms with Gasteiger partial charge in [-0.3, -0.25) is 4.99 Å². The summed E-state index contributed by atoms with van der Waals surface area (Å²) in [6.07, 6.45) is 0. The van der Waals surface area contributed by atoms with Gasteiger partial charge in [0.1, 0.15) is 17.5 Å². The van der Waals surface area contributed by atoms with Gasteiger partial charge in [0.15, 0.2) is 5.96 Å². The van der Waals surface area contributed by atoms with Crippen molar-refractivity contribution in [3.8, 4) is 0 Å². The molecule has 0 aliphatic heterocycles.